The fourth-order valence-corrected chi connectivity index (χ4v) is 1.79. The van der Waals surface area contributed by atoms with E-state index in [-0.39, 0.29) is 17.1 Å². The molecule has 0 aliphatic rings. The zero-order chi connectivity index (χ0) is 14.5. The topological polar surface area (TPSA) is 66.8 Å². The molecule has 4 nitrogen and oxygen atoms in total. The minimum Gasteiger partial charge on any atom is -0.508 e. The van der Waals surface area contributed by atoms with Crippen LogP contribution in [0.15, 0.2) is 42.5 Å². The third-order valence-corrected chi connectivity index (χ3v) is 2.81. The number of carbonyl (C=O) groups is 1. The molecule has 0 atom stereocenters. The number of carbonyl (C=O) groups excluding carboxylic acids is 1. The molecule has 2 aromatic rings. The molecular weight excluding hydrogens is 256 g/mol. The summed E-state index contributed by atoms with van der Waals surface area (Å²) in [6.07, 6.45) is 3.49. The quantitative estimate of drug-likeness (QED) is 0.664. The highest BCUT2D eigenvalue weighted by Crippen LogP contribution is 2.24. The molecule has 2 N–H and O–H groups in total. The predicted molar refractivity (Wildman–Crippen MR) is 76.5 cm³/mol. The summed E-state index contributed by atoms with van der Waals surface area (Å²) in [5, 5.41) is 19.0. The molecule has 2 aromatic carbocycles. The smallest absolute Gasteiger partial charge is 0.342 e. The maximum Gasteiger partial charge on any atom is 0.342 e. The summed E-state index contributed by atoms with van der Waals surface area (Å²) in [6.45, 7) is 0. The van der Waals surface area contributed by atoms with Crippen molar-refractivity contribution in [3.05, 3.63) is 59.2 Å². The number of esters is 1. The van der Waals surface area contributed by atoms with Crippen molar-refractivity contribution in [1.82, 2.24) is 0 Å². The Morgan fingerprint density at radius 1 is 1.05 bits per heavy atom. The summed E-state index contributed by atoms with van der Waals surface area (Å²) in [5.41, 5.74) is 1.55. The molecule has 20 heavy (non-hydrogen) atoms. The van der Waals surface area contributed by atoms with Crippen molar-refractivity contribution in [2.75, 3.05) is 7.11 Å². The minimum atomic E-state index is -0.589. The van der Waals surface area contributed by atoms with E-state index in [4.69, 9.17) is 0 Å². The van der Waals surface area contributed by atoms with Crippen LogP contribution in [0.4, 0.5) is 0 Å². The molecule has 0 radical (unpaired) electrons. The first kappa shape index (κ1) is 13.7. The van der Waals surface area contributed by atoms with Crippen LogP contribution >= 0.6 is 0 Å². The second-order valence-corrected chi connectivity index (χ2v) is 4.16. The molecule has 102 valence electrons. The van der Waals surface area contributed by atoms with Crippen LogP contribution in [0.5, 0.6) is 11.5 Å². The summed E-state index contributed by atoms with van der Waals surface area (Å²) in [4.78, 5) is 11.7. The van der Waals surface area contributed by atoms with Gasteiger partial charge in [-0.25, -0.2) is 4.79 Å². The standard InChI is InChI=1S/C16H14O4/c1-20-16(19)15-12(3-2-4-14(15)18)8-5-11-6-9-13(17)10-7-11/h2-10,17-18H,1H3. The van der Waals surface area contributed by atoms with Crippen LogP contribution in [0.25, 0.3) is 12.2 Å². The average Bonchev–Trinajstić information content (AvgIpc) is 2.46. The van der Waals surface area contributed by atoms with E-state index in [2.05, 4.69) is 4.74 Å². The molecule has 0 spiro atoms. The Bertz CT molecular complexity index is 642. The minimum absolute atomic E-state index is 0.121. The van der Waals surface area contributed by atoms with Gasteiger partial charge in [-0.05, 0) is 29.3 Å². The average molecular weight is 270 g/mol. The van der Waals surface area contributed by atoms with Crippen molar-refractivity contribution in [3.63, 3.8) is 0 Å². The molecule has 0 aliphatic heterocycles. The van der Waals surface area contributed by atoms with Gasteiger partial charge in [-0.15, -0.1) is 0 Å². The summed E-state index contributed by atoms with van der Waals surface area (Å²) >= 11 is 0. The second-order valence-electron chi connectivity index (χ2n) is 4.16. The number of benzene rings is 2. The predicted octanol–water partition coefficient (Wildman–Crippen LogP) is 3.05. The number of methoxy groups -OCH3 is 1. The van der Waals surface area contributed by atoms with Crippen molar-refractivity contribution in [2.24, 2.45) is 0 Å². The fourth-order valence-electron chi connectivity index (χ4n) is 1.79. The number of hydrogen-bond acceptors (Lipinski definition) is 4. The van der Waals surface area contributed by atoms with E-state index in [1.54, 1.807) is 48.6 Å². The van der Waals surface area contributed by atoms with Gasteiger partial charge in [-0.2, -0.15) is 0 Å². The molecule has 0 bridgehead atoms. The summed E-state index contributed by atoms with van der Waals surface area (Å²) in [5.74, 6) is -0.520. The van der Waals surface area contributed by atoms with E-state index in [1.165, 1.54) is 13.2 Å². The van der Waals surface area contributed by atoms with Gasteiger partial charge >= 0.3 is 5.97 Å². The van der Waals surface area contributed by atoms with Crippen molar-refractivity contribution < 1.29 is 19.7 Å². The Balaban J connectivity index is 2.36. The lowest BCUT2D eigenvalue weighted by Gasteiger charge is -2.06. The van der Waals surface area contributed by atoms with Crippen LogP contribution in [0, 0.1) is 0 Å². The number of aromatic hydroxyl groups is 2. The Morgan fingerprint density at radius 2 is 1.75 bits per heavy atom. The summed E-state index contributed by atoms with van der Waals surface area (Å²) in [6, 6.07) is 11.4. The van der Waals surface area contributed by atoms with Crippen molar-refractivity contribution >= 4 is 18.1 Å². The van der Waals surface area contributed by atoms with Gasteiger partial charge in [0.1, 0.15) is 17.1 Å². The van der Waals surface area contributed by atoms with Crippen molar-refractivity contribution in [2.45, 2.75) is 0 Å². The lowest BCUT2D eigenvalue weighted by atomic mass is 10.0. The van der Waals surface area contributed by atoms with Gasteiger partial charge in [-0.1, -0.05) is 36.4 Å². The van der Waals surface area contributed by atoms with Crippen LogP contribution in [0.1, 0.15) is 21.5 Å². The first-order chi connectivity index (χ1) is 9.61. The highest BCUT2D eigenvalue weighted by atomic mass is 16.5. The monoisotopic (exact) mass is 270 g/mol. The molecule has 0 heterocycles. The Kier molecular flexibility index (Phi) is 4.05. The number of hydrogen-bond donors (Lipinski definition) is 2. The molecule has 0 aliphatic carbocycles. The van der Waals surface area contributed by atoms with E-state index >= 15 is 0 Å². The maximum absolute atomic E-state index is 11.7. The molecule has 4 heteroatoms. The second kappa shape index (κ2) is 5.93. The van der Waals surface area contributed by atoms with E-state index < -0.39 is 5.97 Å². The van der Waals surface area contributed by atoms with E-state index in [0.717, 1.165) is 5.56 Å². The van der Waals surface area contributed by atoms with E-state index in [9.17, 15) is 15.0 Å². The Morgan fingerprint density at radius 3 is 2.40 bits per heavy atom. The lowest BCUT2D eigenvalue weighted by Crippen LogP contribution is -2.03. The highest BCUT2D eigenvalue weighted by molar-refractivity contribution is 5.97. The van der Waals surface area contributed by atoms with Gasteiger partial charge in [-0.3, -0.25) is 0 Å². The number of ether oxygens (including phenoxy) is 1. The normalized spacial score (nSPS) is 10.7. The largest absolute Gasteiger partial charge is 0.508 e. The summed E-state index contributed by atoms with van der Waals surface area (Å²) in [7, 11) is 1.27. The van der Waals surface area contributed by atoms with Crippen LogP contribution in [-0.2, 0) is 4.74 Å². The molecule has 0 saturated heterocycles. The lowest BCUT2D eigenvalue weighted by molar-refractivity contribution is 0.0597. The molecule has 0 aromatic heterocycles. The maximum atomic E-state index is 11.7. The SMILES string of the molecule is COC(=O)c1c(O)cccc1C=Cc1ccc(O)cc1. The molecule has 0 unspecified atom stereocenters. The highest BCUT2D eigenvalue weighted by Gasteiger charge is 2.14. The van der Waals surface area contributed by atoms with Crippen LogP contribution in [0.3, 0.4) is 0 Å². The van der Waals surface area contributed by atoms with Crippen molar-refractivity contribution in [1.29, 1.82) is 0 Å². The fraction of sp³-hybridized carbons (Fsp3) is 0.0625. The van der Waals surface area contributed by atoms with Crippen LogP contribution in [-0.4, -0.2) is 23.3 Å². The zero-order valence-electron chi connectivity index (χ0n) is 10.9. The molecular formula is C16H14O4. The first-order valence-electron chi connectivity index (χ1n) is 5.99. The van der Waals surface area contributed by atoms with Gasteiger partial charge in [0.25, 0.3) is 0 Å². The number of rotatable bonds is 3. The van der Waals surface area contributed by atoms with Gasteiger partial charge < -0.3 is 14.9 Å². The molecule has 0 saturated carbocycles. The third kappa shape index (κ3) is 2.98. The van der Waals surface area contributed by atoms with Crippen molar-refractivity contribution in [3.8, 4) is 11.5 Å². The van der Waals surface area contributed by atoms with Gasteiger partial charge in [0, 0.05) is 0 Å². The number of phenolic OH excluding ortho intramolecular Hbond substituents is 2. The van der Waals surface area contributed by atoms with Crippen LogP contribution < -0.4 is 0 Å². The van der Waals surface area contributed by atoms with Gasteiger partial charge in [0.05, 0.1) is 7.11 Å². The molecule has 0 fully saturated rings. The first-order valence-corrected chi connectivity index (χ1v) is 5.99. The van der Waals surface area contributed by atoms with E-state index in [0.29, 0.717) is 5.56 Å². The molecule has 2 rings (SSSR count). The summed E-state index contributed by atoms with van der Waals surface area (Å²) < 4.78 is 4.66. The Labute approximate surface area is 116 Å². The van der Waals surface area contributed by atoms with E-state index in [1.807, 2.05) is 0 Å². The van der Waals surface area contributed by atoms with Crippen LogP contribution in [0.2, 0.25) is 0 Å². The third-order valence-electron chi connectivity index (χ3n) is 2.81. The molecule has 0 amide bonds. The van der Waals surface area contributed by atoms with Gasteiger partial charge in [0.15, 0.2) is 0 Å². The zero-order valence-corrected chi connectivity index (χ0v) is 10.9. The number of phenols is 2. The van der Waals surface area contributed by atoms with Gasteiger partial charge in [0.2, 0.25) is 0 Å². The Hall–Kier alpha value is -2.75.